The fraction of sp³-hybridized carbons (Fsp3) is 0.348. The molecule has 2 aromatic rings. The molecule has 1 aromatic carbocycles. The Bertz CT molecular complexity index is 1120. The number of likely N-dealkylation sites (N-methyl/N-ethyl adjacent to an activating group) is 1. The van der Waals surface area contributed by atoms with E-state index in [-0.39, 0.29) is 17.0 Å². The van der Waals surface area contributed by atoms with Gasteiger partial charge in [0.05, 0.1) is 18.7 Å². The number of methoxy groups -OCH3 is 1. The number of ketones is 1. The minimum atomic E-state index is -0.761. The third-order valence-corrected chi connectivity index (χ3v) is 6.05. The van der Waals surface area contributed by atoms with Crippen LogP contribution in [0.2, 0.25) is 0 Å². The van der Waals surface area contributed by atoms with Crippen molar-refractivity contribution < 1.29 is 24.2 Å². The summed E-state index contributed by atoms with van der Waals surface area (Å²) in [6, 6.07) is 6.53. The number of likely N-dealkylation sites (tertiary alicyclic amines) is 1. The monoisotopic (exact) mass is 503 g/mol. The second kappa shape index (κ2) is 9.30. The molecule has 0 radical (unpaired) electrons. The number of amides is 1. The Morgan fingerprint density at radius 3 is 2.56 bits per heavy atom. The summed E-state index contributed by atoms with van der Waals surface area (Å²) in [4.78, 5) is 44.5. The van der Waals surface area contributed by atoms with E-state index in [9.17, 15) is 19.5 Å². The molecule has 0 spiro atoms. The normalized spacial score (nSPS) is 18.0. The molecule has 1 aliphatic heterocycles. The Hall–Kier alpha value is -2.91. The lowest BCUT2D eigenvalue weighted by molar-refractivity contribution is -0.140. The van der Waals surface area contributed by atoms with E-state index >= 15 is 0 Å². The van der Waals surface area contributed by atoms with Gasteiger partial charge in [-0.3, -0.25) is 9.59 Å². The summed E-state index contributed by atoms with van der Waals surface area (Å²) in [5.41, 5.74) is 2.13. The number of aliphatic hydroxyl groups excluding tert-OH is 1. The van der Waals surface area contributed by atoms with Gasteiger partial charge in [-0.25, -0.2) is 4.79 Å². The van der Waals surface area contributed by atoms with Crippen LogP contribution in [0.15, 0.2) is 34.3 Å². The Balaban J connectivity index is 2.23. The second-order valence-corrected chi connectivity index (χ2v) is 8.88. The number of nitrogens with zero attached hydrogens (tertiary/aromatic N) is 2. The largest absolute Gasteiger partial charge is 0.507 e. The van der Waals surface area contributed by atoms with Crippen LogP contribution in [0.3, 0.4) is 0 Å². The Kier molecular flexibility index (Phi) is 6.90. The fourth-order valence-electron chi connectivity index (χ4n) is 3.99. The molecule has 0 saturated carbocycles. The molecule has 1 fully saturated rings. The summed E-state index contributed by atoms with van der Waals surface area (Å²) in [5, 5.41) is 11.3. The number of Topliss-reactive ketones (excluding diaryl/α,β-unsaturated/α-hetero) is 1. The zero-order valence-electron chi connectivity index (χ0n) is 18.7. The van der Waals surface area contributed by atoms with Gasteiger partial charge >= 0.3 is 5.97 Å². The van der Waals surface area contributed by atoms with Crippen LogP contribution in [0.25, 0.3) is 5.76 Å². The minimum absolute atomic E-state index is 0.00604. The molecule has 1 amide bonds. The summed E-state index contributed by atoms with van der Waals surface area (Å²) in [7, 11) is 5.03. The molecule has 0 aliphatic carbocycles. The zero-order chi connectivity index (χ0) is 23.7. The first-order valence-corrected chi connectivity index (χ1v) is 10.8. The number of aromatic amines is 1. The molecule has 3 rings (SSSR count). The van der Waals surface area contributed by atoms with Crippen molar-refractivity contribution >= 4 is 39.3 Å². The van der Waals surface area contributed by atoms with Gasteiger partial charge in [0, 0.05) is 28.8 Å². The van der Waals surface area contributed by atoms with Gasteiger partial charge in [0.2, 0.25) is 0 Å². The van der Waals surface area contributed by atoms with E-state index in [0.717, 1.165) is 4.47 Å². The number of esters is 1. The minimum Gasteiger partial charge on any atom is -0.507 e. The van der Waals surface area contributed by atoms with Gasteiger partial charge in [0.15, 0.2) is 0 Å². The van der Waals surface area contributed by atoms with Crippen LogP contribution in [-0.2, 0) is 14.3 Å². The van der Waals surface area contributed by atoms with Gasteiger partial charge in [-0.15, -0.1) is 0 Å². The number of aromatic nitrogens is 1. The smallest absolute Gasteiger partial charge is 0.354 e. The van der Waals surface area contributed by atoms with Crippen molar-refractivity contribution in [3.05, 3.63) is 62.4 Å². The molecular weight excluding hydrogens is 478 g/mol. The number of H-pyrrole nitrogens is 1. The number of aliphatic hydroxyl groups is 1. The molecule has 8 nitrogen and oxygen atoms in total. The van der Waals surface area contributed by atoms with Crippen LogP contribution in [0, 0.1) is 13.8 Å². The highest BCUT2D eigenvalue weighted by atomic mass is 79.9. The Morgan fingerprint density at radius 1 is 1.28 bits per heavy atom. The van der Waals surface area contributed by atoms with Gasteiger partial charge in [0.25, 0.3) is 11.7 Å². The van der Waals surface area contributed by atoms with E-state index in [4.69, 9.17) is 4.74 Å². The highest BCUT2D eigenvalue weighted by Gasteiger charge is 2.46. The van der Waals surface area contributed by atoms with E-state index in [0.29, 0.717) is 35.5 Å². The second-order valence-electron chi connectivity index (χ2n) is 7.97. The standard InChI is InChI=1S/C23H26BrN3O5/c1-12-16(13(2)25-18(12)23(31)32-5)20(28)17-19(14-7-6-8-15(24)11-14)27(10-9-26(3)4)22(30)21(17)29/h6-8,11,19,25,28H,9-10H2,1-5H3/b20-17+. The first-order valence-electron chi connectivity index (χ1n) is 10.0. The van der Waals surface area contributed by atoms with Crippen molar-refractivity contribution in [1.29, 1.82) is 0 Å². The van der Waals surface area contributed by atoms with Gasteiger partial charge in [-0.1, -0.05) is 28.1 Å². The van der Waals surface area contributed by atoms with E-state index < -0.39 is 23.7 Å². The number of aryl methyl sites for hydroxylation is 1. The SMILES string of the molecule is COC(=O)c1[nH]c(C)c(/C(O)=C2\C(=O)C(=O)N(CCN(C)C)C2c2cccc(Br)c2)c1C. The molecule has 2 N–H and O–H groups in total. The molecule has 1 aliphatic rings. The number of carbonyl (C=O) groups is 3. The van der Waals surface area contributed by atoms with Crippen LogP contribution in [0.1, 0.15) is 38.9 Å². The predicted molar refractivity (Wildman–Crippen MR) is 123 cm³/mol. The van der Waals surface area contributed by atoms with E-state index in [2.05, 4.69) is 20.9 Å². The van der Waals surface area contributed by atoms with Crippen molar-refractivity contribution in [1.82, 2.24) is 14.8 Å². The van der Waals surface area contributed by atoms with Crippen molar-refractivity contribution in [2.24, 2.45) is 0 Å². The maximum atomic E-state index is 13.1. The number of carbonyl (C=O) groups excluding carboxylic acids is 3. The summed E-state index contributed by atoms with van der Waals surface area (Å²) in [6.45, 7) is 4.20. The van der Waals surface area contributed by atoms with Crippen LogP contribution in [0.5, 0.6) is 0 Å². The number of rotatable bonds is 6. The van der Waals surface area contributed by atoms with Crippen molar-refractivity contribution in [3.63, 3.8) is 0 Å². The number of ether oxygens (including phenoxy) is 1. The van der Waals surface area contributed by atoms with Crippen molar-refractivity contribution in [2.45, 2.75) is 19.9 Å². The summed E-state index contributed by atoms with van der Waals surface area (Å²) in [6.07, 6.45) is 0. The van der Waals surface area contributed by atoms with Crippen LogP contribution >= 0.6 is 15.9 Å². The third kappa shape index (κ3) is 4.22. The van der Waals surface area contributed by atoms with Gasteiger partial charge in [-0.2, -0.15) is 0 Å². The Morgan fingerprint density at radius 2 is 1.97 bits per heavy atom. The van der Waals surface area contributed by atoms with E-state index in [1.807, 2.05) is 43.3 Å². The highest BCUT2D eigenvalue weighted by molar-refractivity contribution is 9.10. The summed E-state index contributed by atoms with van der Waals surface area (Å²) >= 11 is 3.44. The van der Waals surface area contributed by atoms with E-state index in [1.54, 1.807) is 13.8 Å². The molecule has 170 valence electrons. The topological polar surface area (TPSA) is 103 Å². The molecule has 2 heterocycles. The average molecular weight is 504 g/mol. The van der Waals surface area contributed by atoms with Crippen molar-refractivity contribution in [2.75, 3.05) is 34.3 Å². The maximum Gasteiger partial charge on any atom is 0.354 e. The first kappa shape index (κ1) is 23.7. The molecule has 32 heavy (non-hydrogen) atoms. The number of benzene rings is 1. The maximum absolute atomic E-state index is 13.1. The van der Waals surface area contributed by atoms with Gasteiger partial charge in [0.1, 0.15) is 11.5 Å². The van der Waals surface area contributed by atoms with Crippen LogP contribution < -0.4 is 0 Å². The van der Waals surface area contributed by atoms with E-state index in [1.165, 1.54) is 12.0 Å². The summed E-state index contributed by atoms with van der Waals surface area (Å²) < 4.78 is 5.58. The molecule has 1 atom stereocenters. The third-order valence-electron chi connectivity index (χ3n) is 5.56. The lowest BCUT2D eigenvalue weighted by Gasteiger charge is -2.26. The highest BCUT2D eigenvalue weighted by Crippen LogP contribution is 2.41. The Labute approximate surface area is 195 Å². The number of nitrogens with one attached hydrogen (secondary N) is 1. The molecular formula is C23H26BrN3O5. The number of hydrogen-bond donors (Lipinski definition) is 2. The molecule has 1 aromatic heterocycles. The first-order chi connectivity index (χ1) is 15.1. The zero-order valence-corrected chi connectivity index (χ0v) is 20.2. The molecule has 9 heteroatoms. The van der Waals surface area contributed by atoms with Gasteiger partial charge in [-0.05, 0) is 51.2 Å². The number of hydrogen-bond acceptors (Lipinski definition) is 6. The molecule has 0 bridgehead atoms. The number of halogens is 1. The average Bonchev–Trinajstić information content (AvgIpc) is 3.18. The lowest BCUT2D eigenvalue weighted by atomic mass is 9.94. The van der Waals surface area contributed by atoms with Crippen LogP contribution in [-0.4, -0.2) is 71.8 Å². The predicted octanol–water partition coefficient (Wildman–Crippen LogP) is 3.16. The molecule has 1 saturated heterocycles. The van der Waals surface area contributed by atoms with Gasteiger partial charge < -0.3 is 24.6 Å². The fourth-order valence-corrected chi connectivity index (χ4v) is 4.40. The summed E-state index contributed by atoms with van der Waals surface area (Å²) in [5.74, 6) is -2.33. The lowest BCUT2D eigenvalue weighted by Crippen LogP contribution is -2.35. The quantitative estimate of drug-likeness (QED) is 0.271. The molecule has 1 unspecified atom stereocenters. The van der Waals surface area contributed by atoms with Crippen molar-refractivity contribution in [3.8, 4) is 0 Å². The van der Waals surface area contributed by atoms with Crippen LogP contribution in [0.4, 0.5) is 0 Å².